The third kappa shape index (κ3) is 2.92. The highest BCUT2D eigenvalue weighted by atomic mass is 16.5. The molecule has 3 nitrogen and oxygen atoms in total. The molecule has 0 bridgehead atoms. The number of hydrogen-bond acceptors (Lipinski definition) is 3. The average Bonchev–Trinajstić information content (AvgIpc) is 2.69. The summed E-state index contributed by atoms with van der Waals surface area (Å²) >= 11 is 0. The second kappa shape index (κ2) is 6.99. The molecule has 0 saturated carbocycles. The van der Waals surface area contributed by atoms with Gasteiger partial charge in [0.25, 0.3) is 0 Å². The molecular formula is C23H25NO2. The van der Waals surface area contributed by atoms with Crippen molar-refractivity contribution in [3.05, 3.63) is 70.9 Å². The van der Waals surface area contributed by atoms with E-state index in [1.807, 2.05) is 31.3 Å². The van der Waals surface area contributed by atoms with Gasteiger partial charge in [-0.15, -0.1) is 0 Å². The number of Topliss-reactive ketones (excluding diaryl/α,β-unsaturated/α-hetero) is 1. The summed E-state index contributed by atoms with van der Waals surface area (Å²) in [5.74, 6) is 1.07. The van der Waals surface area contributed by atoms with Crippen LogP contribution in [0.5, 0.6) is 5.75 Å². The van der Waals surface area contributed by atoms with Crippen LogP contribution < -0.4 is 9.64 Å². The largest absolute Gasteiger partial charge is 0.495 e. The van der Waals surface area contributed by atoms with E-state index in [1.165, 1.54) is 29.5 Å². The normalized spacial score (nSPS) is 19.8. The fraction of sp³-hybridized carbons (Fsp3) is 0.348. The maximum absolute atomic E-state index is 12.6. The highest BCUT2D eigenvalue weighted by Gasteiger charge is 2.31. The minimum atomic E-state index is 0.0237. The molecule has 0 saturated heterocycles. The zero-order chi connectivity index (χ0) is 18.1. The van der Waals surface area contributed by atoms with E-state index in [-0.39, 0.29) is 11.8 Å². The molecule has 1 heterocycles. The molecule has 0 spiro atoms. The number of methoxy groups -OCH3 is 1. The van der Waals surface area contributed by atoms with E-state index in [4.69, 9.17) is 4.74 Å². The van der Waals surface area contributed by atoms with E-state index >= 15 is 0 Å². The lowest BCUT2D eigenvalue weighted by molar-refractivity contribution is -0.116. The number of fused-ring (bicyclic) bond motifs is 1. The summed E-state index contributed by atoms with van der Waals surface area (Å²) in [6, 6.07) is 14.7. The van der Waals surface area contributed by atoms with Gasteiger partial charge >= 0.3 is 0 Å². The Morgan fingerprint density at radius 2 is 1.85 bits per heavy atom. The Bertz CT molecular complexity index is 868. The highest BCUT2D eigenvalue weighted by molar-refractivity contribution is 5.97. The summed E-state index contributed by atoms with van der Waals surface area (Å²) in [6.45, 7) is 1.90. The van der Waals surface area contributed by atoms with E-state index in [2.05, 4.69) is 29.2 Å². The maximum Gasteiger partial charge on any atom is 0.162 e. The molecule has 26 heavy (non-hydrogen) atoms. The molecule has 0 fully saturated rings. The van der Waals surface area contributed by atoms with Crippen molar-refractivity contribution < 1.29 is 9.53 Å². The van der Waals surface area contributed by atoms with Gasteiger partial charge < -0.3 is 9.64 Å². The van der Waals surface area contributed by atoms with E-state index in [0.29, 0.717) is 6.42 Å². The molecule has 0 amide bonds. The maximum atomic E-state index is 12.6. The van der Waals surface area contributed by atoms with Crippen LogP contribution >= 0.6 is 0 Å². The van der Waals surface area contributed by atoms with Gasteiger partial charge in [0, 0.05) is 18.2 Å². The first-order valence-electron chi connectivity index (χ1n) is 9.42. The zero-order valence-corrected chi connectivity index (χ0v) is 15.5. The Balaban J connectivity index is 1.85. The van der Waals surface area contributed by atoms with Crippen LogP contribution in [-0.4, -0.2) is 12.9 Å². The summed E-state index contributed by atoms with van der Waals surface area (Å²) in [4.78, 5) is 14.8. The standard InChI is InChI=1S/C23H25NO2/c1-16-15-24(20-12-5-6-13-23(20)26-2)21(14-22(16)25)19-11-7-9-17-8-3-4-10-18(17)19/h5-7,9,11-13,15,21H,3-4,8,10,14H2,1-2H3/t21-/m1/s1. The molecule has 0 radical (unpaired) electrons. The third-order valence-corrected chi connectivity index (χ3v) is 5.64. The molecule has 4 rings (SSSR count). The van der Waals surface area contributed by atoms with Crippen molar-refractivity contribution in [2.24, 2.45) is 0 Å². The number of para-hydroxylation sites is 2. The lowest BCUT2D eigenvalue weighted by atomic mass is 9.83. The van der Waals surface area contributed by atoms with E-state index in [0.717, 1.165) is 29.9 Å². The van der Waals surface area contributed by atoms with Crippen LogP contribution in [0.15, 0.2) is 54.2 Å². The first-order chi connectivity index (χ1) is 12.7. The second-order valence-electron chi connectivity index (χ2n) is 7.23. The van der Waals surface area contributed by atoms with E-state index < -0.39 is 0 Å². The number of anilines is 1. The second-order valence-corrected chi connectivity index (χ2v) is 7.23. The molecule has 1 atom stereocenters. The molecule has 2 aromatic rings. The molecule has 2 aliphatic rings. The quantitative estimate of drug-likeness (QED) is 0.783. The molecule has 1 aliphatic heterocycles. The van der Waals surface area contributed by atoms with Gasteiger partial charge in [-0.25, -0.2) is 0 Å². The predicted molar refractivity (Wildman–Crippen MR) is 105 cm³/mol. The molecule has 0 unspecified atom stereocenters. The Morgan fingerprint density at radius 3 is 2.69 bits per heavy atom. The van der Waals surface area contributed by atoms with Crippen molar-refractivity contribution in [1.82, 2.24) is 0 Å². The third-order valence-electron chi connectivity index (χ3n) is 5.64. The van der Waals surface area contributed by atoms with Gasteiger partial charge in [-0.3, -0.25) is 4.79 Å². The Kier molecular flexibility index (Phi) is 4.54. The lowest BCUT2D eigenvalue weighted by Gasteiger charge is -2.37. The number of carbonyl (C=O) groups is 1. The van der Waals surface area contributed by atoms with Crippen molar-refractivity contribution in [3.8, 4) is 5.75 Å². The van der Waals surface area contributed by atoms with Crippen molar-refractivity contribution >= 4 is 11.5 Å². The number of ether oxygens (including phenoxy) is 1. The van der Waals surface area contributed by atoms with Gasteiger partial charge in [0.1, 0.15) is 5.75 Å². The van der Waals surface area contributed by atoms with Gasteiger partial charge in [0.2, 0.25) is 0 Å². The van der Waals surface area contributed by atoms with E-state index in [9.17, 15) is 4.79 Å². The number of nitrogens with zero attached hydrogens (tertiary/aromatic N) is 1. The average molecular weight is 347 g/mol. The number of hydrogen-bond donors (Lipinski definition) is 0. The van der Waals surface area contributed by atoms with Crippen molar-refractivity contribution in [3.63, 3.8) is 0 Å². The minimum Gasteiger partial charge on any atom is -0.495 e. The molecule has 0 N–H and O–H groups in total. The summed E-state index contributed by atoms with van der Waals surface area (Å²) in [6.07, 6.45) is 7.25. The van der Waals surface area contributed by atoms with Crippen LogP contribution in [0, 0.1) is 0 Å². The fourth-order valence-electron chi connectivity index (χ4n) is 4.27. The van der Waals surface area contributed by atoms with Crippen LogP contribution in [0.2, 0.25) is 0 Å². The SMILES string of the molecule is COc1ccccc1N1C=C(C)C(=O)C[C@@H]1c1cccc2c1CCCC2. The van der Waals surface area contributed by atoms with Gasteiger partial charge in [-0.05, 0) is 61.4 Å². The summed E-state index contributed by atoms with van der Waals surface area (Å²) < 4.78 is 5.60. The van der Waals surface area contributed by atoms with Gasteiger partial charge in [-0.2, -0.15) is 0 Å². The van der Waals surface area contributed by atoms with Crippen LogP contribution in [0.1, 0.15) is 48.9 Å². The van der Waals surface area contributed by atoms with Crippen molar-refractivity contribution in [2.75, 3.05) is 12.0 Å². The molecule has 2 aromatic carbocycles. The first kappa shape index (κ1) is 16.9. The highest BCUT2D eigenvalue weighted by Crippen LogP contribution is 2.41. The number of allylic oxidation sites excluding steroid dienone is 1. The first-order valence-corrected chi connectivity index (χ1v) is 9.42. The number of aryl methyl sites for hydroxylation is 1. The van der Waals surface area contributed by atoms with Crippen LogP contribution in [0.25, 0.3) is 0 Å². The van der Waals surface area contributed by atoms with Crippen molar-refractivity contribution in [1.29, 1.82) is 0 Å². The molecule has 3 heteroatoms. The van der Waals surface area contributed by atoms with Gasteiger partial charge in [0.05, 0.1) is 18.8 Å². The summed E-state index contributed by atoms with van der Waals surface area (Å²) in [7, 11) is 1.70. The molecule has 1 aliphatic carbocycles. The Morgan fingerprint density at radius 1 is 1.04 bits per heavy atom. The fourth-order valence-corrected chi connectivity index (χ4v) is 4.27. The summed E-state index contributed by atoms with van der Waals surface area (Å²) in [5.41, 5.74) is 6.01. The van der Waals surface area contributed by atoms with Crippen LogP contribution in [-0.2, 0) is 17.6 Å². The molecule has 0 aromatic heterocycles. The van der Waals surface area contributed by atoms with Crippen molar-refractivity contribution in [2.45, 2.75) is 45.1 Å². The smallest absolute Gasteiger partial charge is 0.162 e. The van der Waals surface area contributed by atoms with Crippen LogP contribution in [0.3, 0.4) is 0 Å². The van der Waals surface area contributed by atoms with Gasteiger partial charge in [0.15, 0.2) is 5.78 Å². The van der Waals surface area contributed by atoms with Gasteiger partial charge in [-0.1, -0.05) is 30.3 Å². The lowest BCUT2D eigenvalue weighted by Crippen LogP contribution is -2.32. The Labute approximate surface area is 155 Å². The van der Waals surface area contributed by atoms with E-state index in [1.54, 1.807) is 7.11 Å². The number of rotatable bonds is 3. The Hall–Kier alpha value is -2.55. The zero-order valence-electron chi connectivity index (χ0n) is 15.5. The summed E-state index contributed by atoms with van der Waals surface area (Å²) in [5, 5.41) is 0. The monoisotopic (exact) mass is 347 g/mol. The van der Waals surface area contributed by atoms with Crippen LogP contribution in [0.4, 0.5) is 5.69 Å². The number of benzene rings is 2. The number of ketones is 1. The molecular weight excluding hydrogens is 322 g/mol. The predicted octanol–water partition coefficient (Wildman–Crippen LogP) is 5.00. The minimum absolute atomic E-state index is 0.0237. The number of carbonyl (C=O) groups excluding carboxylic acids is 1. The topological polar surface area (TPSA) is 29.5 Å². The molecule has 134 valence electrons.